The van der Waals surface area contributed by atoms with Crippen LogP contribution in [0.4, 0.5) is 0 Å². The van der Waals surface area contributed by atoms with E-state index < -0.39 is 18.0 Å². The summed E-state index contributed by atoms with van der Waals surface area (Å²) in [7, 11) is 0. The van der Waals surface area contributed by atoms with Crippen LogP contribution in [0.3, 0.4) is 0 Å². The van der Waals surface area contributed by atoms with Gasteiger partial charge < -0.3 is 32.7 Å². The number of unbranched alkanes of at least 4 members (excludes halogenated alkanes) is 13. The lowest BCUT2D eigenvalue weighted by molar-refractivity contribution is -0.136. The molecule has 10 heteroatoms. The minimum Gasteiger partial charge on any atom is -0.368 e. The Morgan fingerprint density at radius 2 is 1.30 bits per heavy atom. The van der Waals surface area contributed by atoms with Crippen LogP contribution in [0.15, 0.2) is 30.3 Å². The molecule has 46 heavy (non-hydrogen) atoms. The smallest absolute Gasteiger partial charge is 0.242 e. The second-order valence-electron chi connectivity index (χ2n) is 12.6. The van der Waals surface area contributed by atoms with Crippen LogP contribution in [0.1, 0.15) is 128 Å². The molecule has 0 saturated heterocycles. The van der Waals surface area contributed by atoms with Crippen LogP contribution in [-0.2, 0) is 25.6 Å². The number of nitrogens with one attached hydrogen (secondary N) is 2. The fourth-order valence-corrected chi connectivity index (χ4v) is 5.68. The SMILES string of the molecule is CCCCCCCCCCCCCCCC(=O)N[C@@H](CCCCN)C(=O)N[C@@H](Cc1ccccc1)CN(CC(N)=O)C(=O)CCN. The Bertz CT molecular complexity index is 961. The third-order valence-corrected chi connectivity index (χ3v) is 8.28. The Morgan fingerprint density at radius 1 is 0.717 bits per heavy atom. The van der Waals surface area contributed by atoms with Crippen LogP contribution in [0, 0.1) is 0 Å². The highest BCUT2D eigenvalue weighted by molar-refractivity contribution is 5.88. The molecule has 262 valence electrons. The number of hydrogen-bond donors (Lipinski definition) is 5. The normalized spacial score (nSPS) is 12.3. The average Bonchev–Trinajstić information content (AvgIpc) is 3.03. The first-order valence-electron chi connectivity index (χ1n) is 17.9. The molecule has 10 nitrogen and oxygen atoms in total. The Kier molecular flexibility index (Phi) is 24.2. The summed E-state index contributed by atoms with van der Waals surface area (Å²) >= 11 is 0. The zero-order valence-electron chi connectivity index (χ0n) is 28.6. The molecule has 0 fully saturated rings. The molecule has 0 bridgehead atoms. The van der Waals surface area contributed by atoms with Crippen LogP contribution in [0.5, 0.6) is 0 Å². The molecular formula is C36H64N6O4. The van der Waals surface area contributed by atoms with Gasteiger partial charge in [0.05, 0.1) is 12.6 Å². The van der Waals surface area contributed by atoms with Gasteiger partial charge in [0.1, 0.15) is 6.04 Å². The molecule has 0 saturated carbocycles. The van der Waals surface area contributed by atoms with Crippen LogP contribution in [-0.4, -0.2) is 66.8 Å². The summed E-state index contributed by atoms with van der Waals surface area (Å²) in [6.45, 7) is 2.71. The molecule has 0 aromatic heterocycles. The molecule has 1 aromatic rings. The van der Waals surface area contributed by atoms with Gasteiger partial charge in [-0.15, -0.1) is 0 Å². The number of rotatable bonds is 29. The van der Waals surface area contributed by atoms with Crippen molar-refractivity contribution in [3.63, 3.8) is 0 Å². The fraction of sp³-hybridized carbons (Fsp3) is 0.722. The van der Waals surface area contributed by atoms with Crippen molar-refractivity contribution in [2.24, 2.45) is 17.2 Å². The van der Waals surface area contributed by atoms with E-state index in [1.54, 1.807) is 0 Å². The third-order valence-electron chi connectivity index (χ3n) is 8.28. The summed E-state index contributed by atoms with van der Waals surface area (Å²) in [5.41, 5.74) is 17.7. The van der Waals surface area contributed by atoms with Gasteiger partial charge in [-0.05, 0) is 44.2 Å². The van der Waals surface area contributed by atoms with Crippen molar-refractivity contribution in [2.75, 3.05) is 26.2 Å². The summed E-state index contributed by atoms with van der Waals surface area (Å²) in [6.07, 6.45) is 18.8. The van der Waals surface area contributed by atoms with E-state index in [4.69, 9.17) is 17.2 Å². The van der Waals surface area contributed by atoms with Crippen molar-refractivity contribution in [3.8, 4) is 0 Å². The molecule has 0 aliphatic rings. The van der Waals surface area contributed by atoms with Gasteiger partial charge in [-0.2, -0.15) is 0 Å². The molecule has 0 unspecified atom stereocenters. The molecule has 0 radical (unpaired) electrons. The summed E-state index contributed by atoms with van der Waals surface area (Å²) < 4.78 is 0. The average molecular weight is 645 g/mol. The first-order valence-corrected chi connectivity index (χ1v) is 17.9. The first kappa shape index (κ1) is 41.0. The zero-order valence-corrected chi connectivity index (χ0v) is 28.6. The third kappa shape index (κ3) is 20.9. The number of primary amides is 1. The highest BCUT2D eigenvalue weighted by atomic mass is 16.2. The Balaban J connectivity index is 2.67. The van der Waals surface area contributed by atoms with E-state index in [0.717, 1.165) is 31.2 Å². The van der Waals surface area contributed by atoms with Crippen molar-refractivity contribution in [3.05, 3.63) is 35.9 Å². The van der Waals surface area contributed by atoms with Gasteiger partial charge in [-0.3, -0.25) is 19.2 Å². The molecule has 2 atom stereocenters. The van der Waals surface area contributed by atoms with Gasteiger partial charge in [0, 0.05) is 25.9 Å². The lowest BCUT2D eigenvalue weighted by Gasteiger charge is -2.29. The number of hydrogen-bond acceptors (Lipinski definition) is 6. The van der Waals surface area contributed by atoms with Gasteiger partial charge in [-0.1, -0.05) is 114 Å². The Labute approximate surface area is 278 Å². The van der Waals surface area contributed by atoms with Crippen LogP contribution in [0.25, 0.3) is 0 Å². The summed E-state index contributed by atoms with van der Waals surface area (Å²) in [6, 6.07) is 8.36. The zero-order chi connectivity index (χ0) is 33.8. The second-order valence-corrected chi connectivity index (χ2v) is 12.6. The monoisotopic (exact) mass is 644 g/mol. The molecule has 0 heterocycles. The van der Waals surface area contributed by atoms with E-state index in [1.807, 2.05) is 30.3 Å². The van der Waals surface area contributed by atoms with E-state index >= 15 is 0 Å². The lowest BCUT2D eigenvalue weighted by Crippen LogP contribution is -2.54. The quantitative estimate of drug-likeness (QED) is 0.0805. The van der Waals surface area contributed by atoms with Crippen molar-refractivity contribution >= 4 is 23.6 Å². The number of nitrogens with two attached hydrogens (primary N) is 3. The summed E-state index contributed by atoms with van der Waals surface area (Å²) in [5, 5.41) is 6.01. The number of carbonyl (C=O) groups excluding carboxylic acids is 4. The van der Waals surface area contributed by atoms with Gasteiger partial charge >= 0.3 is 0 Å². The first-order chi connectivity index (χ1) is 22.3. The van der Waals surface area contributed by atoms with E-state index in [0.29, 0.717) is 32.2 Å². The second kappa shape index (κ2) is 27.2. The Morgan fingerprint density at radius 3 is 1.85 bits per heavy atom. The van der Waals surface area contributed by atoms with E-state index in [1.165, 1.54) is 69.1 Å². The molecule has 0 aliphatic carbocycles. The number of nitrogens with zero attached hydrogens (tertiary/aromatic N) is 1. The predicted molar refractivity (Wildman–Crippen MR) is 187 cm³/mol. The van der Waals surface area contributed by atoms with Crippen LogP contribution >= 0.6 is 0 Å². The topological polar surface area (TPSA) is 174 Å². The molecule has 4 amide bonds. The minimum absolute atomic E-state index is 0.0657. The maximum Gasteiger partial charge on any atom is 0.242 e. The molecular weight excluding hydrogens is 580 g/mol. The van der Waals surface area contributed by atoms with Gasteiger partial charge in [0.2, 0.25) is 23.6 Å². The van der Waals surface area contributed by atoms with Gasteiger partial charge in [0.25, 0.3) is 0 Å². The van der Waals surface area contributed by atoms with Crippen LogP contribution in [0.2, 0.25) is 0 Å². The van der Waals surface area contributed by atoms with Crippen molar-refractivity contribution < 1.29 is 19.2 Å². The van der Waals surface area contributed by atoms with Crippen molar-refractivity contribution in [1.29, 1.82) is 0 Å². The highest BCUT2D eigenvalue weighted by Crippen LogP contribution is 2.13. The largest absolute Gasteiger partial charge is 0.368 e. The highest BCUT2D eigenvalue weighted by Gasteiger charge is 2.26. The molecule has 0 aliphatic heterocycles. The summed E-state index contributed by atoms with van der Waals surface area (Å²) in [5.74, 6) is -1.40. The van der Waals surface area contributed by atoms with Gasteiger partial charge in [-0.25, -0.2) is 0 Å². The van der Waals surface area contributed by atoms with Gasteiger partial charge in [0.15, 0.2) is 0 Å². The molecule has 1 rings (SSSR count). The summed E-state index contributed by atoms with van der Waals surface area (Å²) in [4.78, 5) is 52.3. The van der Waals surface area contributed by atoms with E-state index in [9.17, 15) is 19.2 Å². The lowest BCUT2D eigenvalue weighted by atomic mass is 10.0. The van der Waals surface area contributed by atoms with Crippen LogP contribution < -0.4 is 27.8 Å². The number of amides is 4. The fourth-order valence-electron chi connectivity index (χ4n) is 5.68. The molecule has 0 spiro atoms. The van der Waals surface area contributed by atoms with E-state index in [2.05, 4.69) is 17.6 Å². The predicted octanol–water partition coefficient (Wildman–Crippen LogP) is 4.47. The van der Waals surface area contributed by atoms with Crippen molar-refractivity contribution in [2.45, 2.75) is 141 Å². The standard InChI is InChI=1S/C36H64N6O4/c1-2-3-4-5-6-7-8-9-10-11-12-13-17-23-34(44)41-32(22-18-19-25-37)36(46)40-31(27-30-20-15-14-16-21-30)28-42(29-33(39)43)35(45)24-26-38/h14-16,20-21,31-32H,2-13,17-19,22-29,37-38H2,1H3,(H2,39,43)(H,40,46)(H,41,44)/t31-,32-/m0/s1. The molecule has 8 N–H and O–H groups in total. The maximum absolute atomic E-state index is 13.6. The number of benzene rings is 1. The molecule has 1 aromatic carbocycles. The minimum atomic E-state index is -0.719. The number of carbonyl (C=O) groups is 4. The Hall–Kier alpha value is -2.98. The van der Waals surface area contributed by atoms with Crippen molar-refractivity contribution in [1.82, 2.24) is 15.5 Å². The van der Waals surface area contributed by atoms with E-state index in [-0.39, 0.29) is 43.8 Å². The maximum atomic E-state index is 13.6.